The first kappa shape index (κ1) is 8.54. The van der Waals surface area contributed by atoms with Gasteiger partial charge in [0.1, 0.15) is 0 Å². The average Bonchev–Trinajstić information content (AvgIpc) is 2.66. The van der Waals surface area contributed by atoms with Gasteiger partial charge in [-0.15, -0.1) is 0 Å². The van der Waals surface area contributed by atoms with Crippen molar-refractivity contribution < 1.29 is 4.74 Å². The Bertz CT molecular complexity index is 108. The highest BCUT2D eigenvalue weighted by molar-refractivity contribution is 9.09. The van der Waals surface area contributed by atoms with Crippen molar-refractivity contribution in [2.24, 2.45) is 5.41 Å². The molecule has 1 unspecified atom stereocenters. The summed E-state index contributed by atoms with van der Waals surface area (Å²) in [6.07, 6.45) is 3.10. The maximum Gasteiger partial charge on any atom is 0.0810 e. The Balaban J connectivity index is 2.09. The number of hydrogen-bond acceptors (Lipinski definition) is 1. The summed E-state index contributed by atoms with van der Waals surface area (Å²) < 4.78 is 5.13. The zero-order chi connectivity index (χ0) is 7.61. The summed E-state index contributed by atoms with van der Waals surface area (Å²) in [6, 6.07) is 0. The van der Waals surface area contributed by atoms with Crippen LogP contribution in [0.1, 0.15) is 26.7 Å². The first-order valence-electron chi connectivity index (χ1n) is 3.82. The third-order valence-electron chi connectivity index (χ3n) is 1.91. The largest absolute Gasteiger partial charge is 0.373 e. The average molecular weight is 207 g/mol. The second-order valence-corrected chi connectivity index (χ2v) is 4.35. The molecule has 1 nitrogen and oxygen atoms in total. The van der Waals surface area contributed by atoms with Crippen molar-refractivity contribution in [2.45, 2.75) is 32.8 Å². The SMILES string of the molecule is CC(C)(CBr)CCC1CO1. The van der Waals surface area contributed by atoms with Crippen LogP contribution in [-0.2, 0) is 4.74 Å². The molecule has 0 aromatic carbocycles. The molecular formula is C8H15BrO. The van der Waals surface area contributed by atoms with E-state index < -0.39 is 0 Å². The summed E-state index contributed by atoms with van der Waals surface area (Å²) >= 11 is 3.50. The summed E-state index contributed by atoms with van der Waals surface area (Å²) in [7, 11) is 0. The summed E-state index contributed by atoms with van der Waals surface area (Å²) in [4.78, 5) is 0. The molecule has 0 spiro atoms. The van der Waals surface area contributed by atoms with Crippen LogP contribution in [0.4, 0.5) is 0 Å². The molecule has 1 heterocycles. The Morgan fingerprint density at radius 1 is 1.60 bits per heavy atom. The number of alkyl halides is 1. The van der Waals surface area contributed by atoms with Crippen molar-refractivity contribution in [2.75, 3.05) is 11.9 Å². The Kier molecular flexibility index (Phi) is 2.75. The molecule has 10 heavy (non-hydrogen) atoms. The van der Waals surface area contributed by atoms with Crippen LogP contribution in [0.25, 0.3) is 0 Å². The molecule has 0 aliphatic carbocycles. The van der Waals surface area contributed by atoms with Gasteiger partial charge in [-0.25, -0.2) is 0 Å². The molecule has 1 aliphatic rings. The highest BCUT2D eigenvalue weighted by atomic mass is 79.9. The molecule has 0 saturated carbocycles. The number of halogens is 1. The first-order valence-corrected chi connectivity index (χ1v) is 4.94. The minimum atomic E-state index is 0.450. The second-order valence-electron chi connectivity index (χ2n) is 3.79. The zero-order valence-electron chi connectivity index (χ0n) is 6.69. The van der Waals surface area contributed by atoms with Gasteiger partial charge in [0.2, 0.25) is 0 Å². The van der Waals surface area contributed by atoms with Crippen LogP contribution in [0.2, 0.25) is 0 Å². The van der Waals surface area contributed by atoms with E-state index in [2.05, 4.69) is 29.8 Å². The van der Waals surface area contributed by atoms with Crippen molar-refractivity contribution in [3.05, 3.63) is 0 Å². The molecule has 1 rings (SSSR count). The van der Waals surface area contributed by atoms with Crippen LogP contribution < -0.4 is 0 Å². The lowest BCUT2D eigenvalue weighted by Gasteiger charge is -2.20. The normalized spacial score (nSPS) is 24.9. The van der Waals surface area contributed by atoms with Crippen LogP contribution >= 0.6 is 15.9 Å². The lowest BCUT2D eigenvalue weighted by atomic mass is 9.90. The van der Waals surface area contributed by atoms with Gasteiger partial charge in [-0.2, -0.15) is 0 Å². The van der Waals surface area contributed by atoms with E-state index in [-0.39, 0.29) is 0 Å². The van der Waals surface area contributed by atoms with E-state index in [1.807, 2.05) is 0 Å². The van der Waals surface area contributed by atoms with E-state index in [0.717, 1.165) is 11.9 Å². The minimum absolute atomic E-state index is 0.450. The molecule has 1 fully saturated rings. The molecule has 0 aromatic rings. The van der Waals surface area contributed by atoms with Gasteiger partial charge in [-0.1, -0.05) is 29.8 Å². The highest BCUT2D eigenvalue weighted by Crippen LogP contribution is 2.28. The fourth-order valence-electron chi connectivity index (χ4n) is 0.853. The van der Waals surface area contributed by atoms with Gasteiger partial charge >= 0.3 is 0 Å². The first-order chi connectivity index (χ1) is 4.64. The Hall–Kier alpha value is 0.440. The zero-order valence-corrected chi connectivity index (χ0v) is 8.28. The van der Waals surface area contributed by atoms with Crippen molar-refractivity contribution in [3.63, 3.8) is 0 Å². The minimum Gasteiger partial charge on any atom is -0.373 e. The quantitative estimate of drug-likeness (QED) is 0.509. The Labute approximate surface area is 71.3 Å². The van der Waals surface area contributed by atoms with Crippen LogP contribution in [-0.4, -0.2) is 18.0 Å². The summed E-state index contributed by atoms with van der Waals surface area (Å²) in [5.74, 6) is 0. The predicted octanol–water partition coefficient (Wildman–Crippen LogP) is 2.59. The van der Waals surface area contributed by atoms with Gasteiger partial charge in [-0.05, 0) is 18.3 Å². The van der Waals surface area contributed by atoms with Crippen LogP contribution in [0.3, 0.4) is 0 Å². The lowest BCUT2D eigenvalue weighted by molar-refractivity contribution is 0.327. The molecule has 0 radical (unpaired) electrons. The maximum absolute atomic E-state index is 5.13. The molecule has 0 bridgehead atoms. The highest BCUT2D eigenvalue weighted by Gasteiger charge is 2.25. The van der Waals surface area contributed by atoms with Crippen LogP contribution in [0.5, 0.6) is 0 Å². The third kappa shape index (κ3) is 3.02. The van der Waals surface area contributed by atoms with Gasteiger partial charge in [0.15, 0.2) is 0 Å². The van der Waals surface area contributed by atoms with E-state index in [1.54, 1.807) is 0 Å². The molecule has 0 aromatic heterocycles. The van der Waals surface area contributed by atoms with Gasteiger partial charge in [0.25, 0.3) is 0 Å². The number of epoxide rings is 1. The van der Waals surface area contributed by atoms with Crippen molar-refractivity contribution in [1.29, 1.82) is 0 Å². The van der Waals surface area contributed by atoms with Crippen LogP contribution in [0.15, 0.2) is 0 Å². The molecule has 2 heteroatoms. The Morgan fingerprint density at radius 3 is 2.60 bits per heavy atom. The lowest BCUT2D eigenvalue weighted by Crippen LogP contribution is -2.13. The van der Waals surface area contributed by atoms with Crippen molar-refractivity contribution in [1.82, 2.24) is 0 Å². The molecule has 1 saturated heterocycles. The van der Waals surface area contributed by atoms with E-state index in [9.17, 15) is 0 Å². The van der Waals surface area contributed by atoms with Gasteiger partial charge < -0.3 is 4.74 Å². The standard InChI is InChI=1S/C8H15BrO/c1-8(2,6-9)4-3-7-5-10-7/h7H,3-6H2,1-2H3. The van der Waals surface area contributed by atoms with E-state index >= 15 is 0 Å². The topological polar surface area (TPSA) is 12.5 Å². The molecule has 1 aliphatic heterocycles. The molecule has 0 amide bonds. The fraction of sp³-hybridized carbons (Fsp3) is 1.00. The molecular weight excluding hydrogens is 192 g/mol. The molecule has 60 valence electrons. The predicted molar refractivity (Wildman–Crippen MR) is 46.5 cm³/mol. The fourth-order valence-corrected chi connectivity index (χ4v) is 1.13. The summed E-state index contributed by atoms with van der Waals surface area (Å²) in [6.45, 7) is 5.56. The van der Waals surface area contributed by atoms with E-state index in [4.69, 9.17) is 4.74 Å². The smallest absolute Gasteiger partial charge is 0.0810 e. The van der Waals surface area contributed by atoms with Crippen LogP contribution in [0, 0.1) is 5.41 Å². The van der Waals surface area contributed by atoms with Gasteiger partial charge in [0, 0.05) is 5.33 Å². The maximum atomic E-state index is 5.13. The number of rotatable bonds is 4. The summed E-state index contributed by atoms with van der Waals surface area (Å²) in [5.41, 5.74) is 0.450. The van der Waals surface area contributed by atoms with Gasteiger partial charge in [-0.3, -0.25) is 0 Å². The monoisotopic (exact) mass is 206 g/mol. The van der Waals surface area contributed by atoms with Crippen molar-refractivity contribution >= 4 is 15.9 Å². The van der Waals surface area contributed by atoms with Crippen molar-refractivity contribution in [3.8, 4) is 0 Å². The number of ether oxygens (including phenoxy) is 1. The third-order valence-corrected chi connectivity index (χ3v) is 3.43. The van der Waals surface area contributed by atoms with E-state index in [0.29, 0.717) is 11.5 Å². The number of hydrogen-bond donors (Lipinski definition) is 0. The van der Waals surface area contributed by atoms with E-state index in [1.165, 1.54) is 12.8 Å². The molecule has 0 N–H and O–H groups in total. The molecule has 1 atom stereocenters. The second kappa shape index (κ2) is 3.22. The summed E-state index contributed by atoms with van der Waals surface area (Å²) in [5, 5.41) is 1.09. The van der Waals surface area contributed by atoms with Gasteiger partial charge in [0.05, 0.1) is 12.7 Å². The Morgan fingerprint density at radius 2 is 2.20 bits per heavy atom.